The Hall–Kier alpha value is -7.32. The van der Waals surface area contributed by atoms with Gasteiger partial charge in [0.1, 0.15) is 36.1 Å². The molecule has 1 aliphatic carbocycles. The minimum atomic E-state index is -0.201. The molecule has 0 aliphatic heterocycles. The van der Waals surface area contributed by atoms with Crippen molar-refractivity contribution in [3.8, 4) is 45.3 Å². The second kappa shape index (κ2) is 23.8. The highest BCUT2D eigenvalue weighted by atomic mass is 16.5. The molecule has 8 aromatic rings. The summed E-state index contributed by atoms with van der Waals surface area (Å²) in [5.41, 5.74) is 16.2. The maximum Gasteiger partial charge on any atom is 0.169 e. The number of phenolic OH excluding ortho intramolecular Hbond substituents is 2. The number of rotatable bonds is 14. The first-order valence-corrected chi connectivity index (χ1v) is 29.1. The van der Waals surface area contributed by atoms with Crippen LogP contribution < -0.4 is 18.6 Å². The molecule has 416 valence electrons. The molecule has 1 aliphatic rings. The molecule has 8 heteroatoms. The van der Waals surface area contributed by atoms with Crippen LogP contribution in [0.25, 0.3) is 22.3 Å². The van der Waals surface area contributed by atoms with Crippen molar-refractivity contribution in [3.63, 3.8) is 0 Å². The van der Waals surface area contributed by atoms with Gasteiger partial charge in [0.2, 0.25) is 0 Å². The first-order valence-electron chi connectivity index (χ1n) is 29.1. The molecule has 0 saturated carbocycles. The number of aryl methyl sites for hydroxylation is 2. The molecule has 80 heavy (non-hydrogen) atoms. The fourth-order valence-electron chi connectivity index (χ4n) is 10.8. The molecule has 4 heterocycles. The van der Waals surface area contributed by atoms with E-state index in [-0.39, 0.29) is 21.7 Å². The van der Waals surface area contributed by atoms with Crippen LogP contribution in [0.3, 0.4) is 0 Å². The number of aromatic nitrogens is 4. The van der Waals surface area contributed by atoms with Gasteiger partial charge in [-0.2, -0.15) is 0 Å². The van der Waals surface area contributed by atoms with Gasteiger partial charge in [-0.3, -0.25) is 9.97 Å². The summed E-state index contributed by atoms with van der Waals surface area (Å²) >= 11 is 0. The SMILES string of the molecule is CC(C)(C)c1cc2c(O)c(c1)Cc1cc(C(C)(C)C)cc(c1OCCCC[n+]1ccc(-c3ccncc3)cc1)Cc1cc(C(C)(C)C)cc(c1O)Cc1cc(C(C)(C)C)cc(c1OCCCC[n+]1ccc(-c3ccncc3)cc1)C2. The summed E-state index contributed by atoms with van der Waals surface area (Å²) in [7, 11) is 0. The number of hydrogen-bond acceptors (Lipinski definition) is 6. The van der Waals surface area contributed by atoms with Crippen LogP contribution in [0, 0.1) is 0 Å². The Balaban J connectivity index is 1.11. The summed E-state index contributed by atoms with van der Waals surface area (Å²) in [6.07, 6.45) is 21.4. The zero-order valence-electron chi connectivity index (χ0n) is 49.8. The number of aromatic hydroxyl groups is 2. The van der Waals surface area contributed by atoms with Crippen LogP contribution in [0.5, 0.6) is 23.0 Å². The van der Waals surface area contributed by atoms with Crippen LogP contribution >= 0.6 is 0 Å². The molecule has 0 unspecified atom stereocenters. The summed E-state index contributed by atoms with van der Waals surface area (Å²) in [6, 6.07) is 34.9. The highest BCUT2D eigenvalue weighted by Crippen LogP contribution is 2.44. The maximum absolute atomic E-state index is 12.8. The van der Waals surface area contributed by atoms with E-state index in [0.717, 1.165) is 117 Å². The highest BCUT2D eigenvalue weighted by molar-refractivity contribution is 5.63. The summed E-state index contributed by atoms with van der Waals surface area (Å²) in [6.45, 7) is 29.9. The number of nitrogens with zero attached hydrogens (tertiary/aromatic N) is 4. The average molecular weight is 1070 g/mol. The third-order valence-electron chi connectivity index (χ3n) is 15.9. The van der Waals surface area contributed by atoms with Crippen LogP contribution in [0.1, 0.15) is 176 Å². The predicted octanol–water partition coefficient (Wildman–Crippen LogP) is 15.4. The van der Waals surface area contributed by atoms with Gasteiger partial charge in [-0.05, 0) is 148 Å². The molecular formula is C72H86N4O4+2. The van der Waals surface area contributed by atoms with E-state index >= 15 is 0 Å². The number of phenols is 2. The van der Waals surface area contributed by atoms with Crippen LogP contribution in [-0.2, 0) is 60.4 Å². The molecular weight excluding hydrogens is 985 g/mol. The second-order valence-corrected chi connectivity index (χ2v) is 26.5. The molecule has 8 bridgehead atoms. The largest absolute Gasteiger partial charge is 0.507 e. The van der Waals surface area contributed by atoms with E-state index < -0.39 is 0 Å². The van der Waals surface area contributed by atoms with Crippen molar-refractivity contribution in [2.75, 3.05) is 13.2 Å². The van der Waals surface area contributed by atoms with Crippen molar-refractivity contribution < 1.29 is 28.8 Å². The number of fused-ring (bicyclic) bond motifs is 8. The smallest absolute Gasteiger partial charge is 0.169 e. The number of benzene rings is 4. The molecule has 0 amide bonds. The molecule has 8 nitrogen and oxygen atoms in total. The molecule has 0 spiro atoms. The fourth-order valence-corrected chi connectivity index (χ4v) is 10.8. The van der Waals surface area contributed by atoms with E-state index in [0.29, 0.717) is 50.4 Å². The van der Waals surface area contributed by atoms with Crippen LogP contribution in [0.4, 0.5) is 0 Å². The molecule has 4 aromatic heterocycles. The number of ether oxygens (including phenoxy) is 2. The van der Waals surface area contributed by atoms with Crippen molar-refractivity contribution in [1.82, 2.24) is 9.97 Å². The lowest BCUT2D eigenvalue weighted by atomic mass is 9.79. The Labute approximate surface area is 477 Å². The number of hydrogen-bond donors (Lipinski definition) is 2. The first kappa shape index (κ1) is 57.4. The van der Waals surface area contributed by atoms with Gasteiger partial charge in [-0.25, -0.2) is 9.13 Å². The lowest BCUT2D eigenvalue weighted by Gasteiger charge is -2.28. The maximum atomic E-state index is 12.8. The van der Waals surface area contributed by atoms with Gasteiger partial charge in [0.15, 0.2) is 24.8 Å². The standard InChI is InChI=1S/C72H84N4O4/c1-69(2,3)61-41-53-37-57-45-63(71(7,8)9)47-59(67(57)79-35-15-13-29-75-31-21-51(22-32-75)49-17-25-73-26-18-49)39-55-43-62(70(4,5)6)44-56(66(55)78)40-60-48-64(72(10,11)12)46-58(38-54(42-61)65(53)77)68(60)80-36-16-14-30-76-33-23-52(24-34-76)50-19-27-74-28-20-50/h17-28,31-34,41-48H,13-16,29-30,35-40H2,1-12H3/p+2. The molecule has 0 atom stereocenters. The summed E-state index contributed by atoms with van der Waals surface area (Å²) < 4.78 is 18.7. The van der Waals surface area contributed by atoms with Crippen LogP contribution in [-0.4, -0.2) is 33.4 Å². The van der Waals surface area contributed by atoms with E-state index in [9.17, 15) is 10.2 Å². The van der Waals surface area contributed by atoms with E-state index in [2.05, 4.69) is 200 Å². The second-order valence-electron chi connectivity index (χ2n) is 26.5. The molecule has 9 rings (SSSR count). The zero-order valence-corrected chi connectivity index (χ0v) is 49.8. The predicted molar refractivity (Wildman–Crippen MR) is 324 cm³/mol. The molecule has 0 saturated heterocycles. The monoisotopic (exact) mass is 1070 g/mol. The Bertz CT molecular complexity index is 3090. The third-order valence-corrected chi connectivity index (χ3v) is 15.9. The lowest BCUT2D eigenvalue weighted by molar-refractivity contribution is -0.697. The fraction of sp³-hybridized carbons (Fsp3) is 0.389. The van der Waals surface area contributed by atoms with Gasteiger partial charge in [0.05, 0.1) is 13.2 Å². The van der Waals surface area contributed by atoms with Crippen molar-refractivity contribution in [2.24, 2.45) is 0 Å². The van der Waals surface area contributed by atoms with Crippen molar-refractivity contribution >= 4 is 0 Å². The first-order chi connectivity index (χ1) is 38.0. The topological polar surface area (TPSA) is 92.5 Å². The van der Waals surface area contributed by atoms with Gasteiger partial charge >= 0.3 is 0 Å². The Morgan fingerprint density at radius 2 is 0.613 bits per heavy atom. The quantitative estimate of drug-likeness (QED) is 0.0833. The summed E-state index contributed by atoms with van der Waals surface area (Å²) in [5, 5.41) is 25.7. The molecule has 2 N–H and O–H groups in total. The number of unbranched alkanes of at least 4 members (excludes halogenated alkanes) is 2. The zero-order chi connectivity index (χ0) is 57.0. The summed E-state index contributed by atoms with van der Waals surface area (Å²) in [4.78, 5) is 8.36. The van der Waals surface area contributed by atoms with Gasteiger partial charge in [0.25, 0.3) is 0 Å². The van der Waals surface area contributed by atoms with Crippen molar-refractivity contribution in [3.05, 3.63) is 213 Å². The van der Waals surface area contributed by atoms with Gasteiger partial charge in [-0.1, -0.05) is 132 Å². The summed E-state index contributed by atoms with van der Waals surface area (Å²) in [5.74, 6) is 2.28. The van der Waals surface area contributed by atoms with E-state index in [1.165, 1.54) is 22.3 Å². The van der Waals surface area contributed by atoms with Crippen molar-refractivity contribution in [2.45, 2.75) is 169 Å². The van der Waals surface area contributed by atoms with Crippen LogP contribution in [0.15, 0.2) is 147 Å². The molecule has 0 fully saturated rings. The minimum absolute atomic E-state index is 0.191. The normalized spacial score (nSPS) is 13.1. The van der Waals surface area contributed by atoms with E-state index in [1.807, 2.05) is 49.1 Å². The molecule has 0 radical (unpaired) electrons. The Kier molecular flexibility index (Phi) is 17.1. The van der Waals surface area contributed by atoms with E-state index in [4.69, 9.17) is 9.47 Å². The van der Waals surface area contributed by atoms with Gasteiger partial charge < -0.3 is 19.7 Å². The van der Waals surface area contributed by atoms with E-state index in [1.54, 1.807) is 0 Å². The highest BCUT2D eigenvalue weighted by Gasteiger charge is 2.29. The lowest BCUT2D eigenvalue weighted by Crippen LogP contribution is -2.32. The third kappa shape index (κ3) is 14.0. The average Bonchev–Trinajstić information content (AvgIpc) is 3.46. The minimum Gasteiger partial charge on any atom is -0.507 e. The Morgan fingerprint density at radius 3 is 0.875 bits per heavy atom. The van der Waals surface area contributed by atoms with Gasteiger partial charge in [0, 0.05) is 87.6 Å². The molecule has 4 aromatic carbocycles. The van der Waals surface area contributed by atoms with Gasteiger partial charge in [-0.15, -0.1) is 0 Å². The van der Waals surface area contributed by atoms with Crippen LogP contribution in [0.2, 0.25) is 0 Å². The number of pyridine rings is 4. The Morgan fingerprint density at radius 1 is 0.362 bits per heavy atom. The van der Waals surface area contributed by atoms with Crippen molar-refractivity contribution in [1.29, 1.82) is 0 Å².